The van der Waals surface area contributed by atoms with Gasteiger partial charge in [0.2, 0.25) is 0 Å². The maximum atomic E-state index is 9.87. The Kier molecular flexibility index (Phi) is 5.80. The van der Waals surface area contributed by atoms with Crippen LogP contribution in [-0.2, 0) is 11.8 Å². The van der Waals surface area contributed by atoms with E-state index in [1.165, 1.54) is 16.8 Å². The number of fused-ring (bicyclic) bond motifs is 1. The fourth-order valence-corrected chi connectivity index (χ4v) is 6.03. The van der Waals surface area contributed by atoms with Gasteiger partial charge in [-0.1, -0.05) is 48.5 Å². The molecule has 0 saturated carbocycles. The van der Waals surface area contributed by atoms with Crippen LogP contribution in [0.25, 0.3) is 0 Å². The Morgan fingerprint density at radius 2 is 1.74 bits per heavy atom. The normalized spacial score (nSPS) is 19.4. The minimum Gasteiger partial charge on any atom is -0.394 e. The summed E-state index contributed by atoms with van der Waals surface area (Å²) in [6.07, 6.45) is 2.30. The average molecular weight is 436 g/mol. The Bertz CT molecular complexity index is 1010. The minimum absolute atomic E-state index is 0.115. The first-order valence-corrected chi connectivity index (χ1v) is 12.0. The van der Waals surface area contributed by atoms with E-state index in [4.69, 9.17) is 4.98 Å². The molecule has 31 heavy (non-hydrogen) atoms. The molecule has 0 amide bonds. The number of aliphatic hydroxyl groups is 2. The summed E-state index contributed by atoms with van der Waals surface area (Å²) in [5.74, 6) is 0. The van der Waals surface area contributed by atoms with E-state index in [-0.39, 0.29) is 12.0 Å². The van der Waals surface area contributed by atoms with Gasteiger partial charge < -0.3 is 20.0 Å². The number of rotatable bonds is 6. The molecule has 1 atom stereocenters. The molecule has 1 unspecified atom stereocenters. The van der Waals surface area contributed by atoms with Crippen molar-refractivity contribution in [1.29, 1.82) is 0 Å². The quantitative estimate of drug-likeness (QED) is 0.620. The number of nitrogens with zero attached hydrogens (tertiary/aromatic N) is 3. The molecular weight excluding hydrogens is 406 g/mol. The van der Waals surface area contributed by atoms with E-state index in [2.05, 4.69) is 69.8 Å². The summed E-state index contributed by atoms with van der Waals surface area (Å²) >= 11 is 1.74. The number of para-hydroxylation sites is 1. The van der Waals surface area contributed by atoms with Crippen LogP contribution in [0.4, 0.5) is 10.8 Å². The van der Waals surface area contributed by atoms with Crippen LogP contribution in [-0.4, -0.2) is 59.0 Å². The highest BCUT2D eigenvalue weighted by Crippen LogP contribution is 2.44. The van der Waals surface area contributed by atoms with Gasteiger partial charge in [-0.2, -0.15) is 0 Å². The molecule has 1 saturated heterocycles. The van der Waals surface area contributed by atoms with Crippen molar-refractivity contribution in [2.45, 2.75) is 30.8 Å². The zero-order valence-electron chi connectivity index (χ0n) is 17.7. The highest BCUT2D eigenvalue weighted by atomic mass is 32.1. The van der Waals surface area contributed by atoms with Gasteiger partial charge >= 0.3 is 0 Å². The van der Waals surface area contributed by atoms with Crippen molar-refractivity contribution in [2.24, 2.45) is 0 Å². The van der Waals surface area contributed by atoms with Crippen molar-refractivity contribution in [3.8, 4) is 0 Å². The van der Waals surface area contributed by atoms with Gasteiger partial charge in [0.25, 0.3) is 0 Å². The first kappa shape index (κ1) is 20.6. The number of aliphatic hydroxyl groups excluding tert-OH is 2. The monoisotopic (exact) mass is 435 g/mol. The van der Waals surface area contributed by atoms with E-state index in [1.54, 1.807) is 11.3 Å². The highest BCUT2D eigenvalue weighted by Gasteiger charge is 2.40. The standard InChI is InChI=1S/C25H29N3O2S/c29-17-21(30)16-27-14-11-25(12-15-27,20-7-2-1-3-8-20)23-18-31-24(26-23)28-13-10-19-6-4-5-9-22(19)28/h1-9,18,21,29-30H,10-17H2. The van der Waals surface area contributed by atoms with Crippen LogP contribution in [0.5, 0.6) is 0 Å². The molecule has 3 heterocycles. The number of hydrogen-bond donors (Lipinski definition) is 2. The second kappa shape index (κ2) is 8.71. The number of benzene rings is 2. The van der Waals surface area contributed by atoms with E-state index in [1.807, 2.05) is 0 Å². The van der Waals surface area contributed by atoms with Crippen molar-refractivity contribution >= 4 is 22.2 Å². The van der Waals surface area contributed by atoms with Crippen LogP contribution in [0.3, 0.4) is 0 Å². The number of piperidine rings is 1. The van der Waals surface area contributed by atoms with E-state index in [0.717, 1.165) is 49.7 Å². The molecule has 5 rings (SSSR count). The SMILES string of the molecule is OCC(O)CN1CCC(c2ccccc2)(c2csc(N3CCc4ccccc43)n2)CC1. The Morgan fingerprint density at radius 3 is 2.52 bits per heavy atom. The number of aromatic nitrogens is 1. The van der Waals surface area contributed by atoms with Crippen LogP contribution in [0, 0.1) is 0 Å². The summed E-state index contributed by atoms with van der Waals surface area (Å²) in [6.45, 7) is 3.08. The first-order valence-electron chi connectivity index (χ1n) is 11.1. The predicted octanol–water partition coefficient (Wildman–Crippen LogP) is 3.57. The van der Waals surface area contributed by atoms with Crippen LogP contribution in [0.1, 0.15) is 29.7 Å². The first-order chi connectivity index (χ1) is 15.2. The van der Waals surface area contributed by atoms with Gasteiger partial charge in [-0.3, -0.25) is 0 Å². The summed E-state index contributed by atoms with van der Waals surface area (Å²) < 4.78 is 0. The Hall–Kier alpha value is -2.25. The predicted molar refractivity (Wildman–Crippen MR) is 125 cm³/mol. The smallest absolute Gasteiger partial charge is 0.190 e. The summed E-state index contributed by atoms with van der Waals surface area (Å²) in [7, 11) is 0. The maximum absolute atomic E-state index is 9.87. The summed E-state index contributed by atoms with van der Waals surface area (Å²) in [5.41, 5.74) is 5.04. The van der Waals surface area contributed by atoms with E-state index in [0.29, 0.717) is 6.54 Å². The van der Waals surface area contributed by atoms with Crippen molar-refractivity contribution in [2.75, 3.05) is 37.7 Å². The number of anilines is 2. The van der Waals surface area contributed by atoms with Crippen LogP contribution in [0.2, 0.25) is 0 Å². The van der Waals surface area contributed by atoms with Crippen LogP contribution >= 0.6 is 11.3 Å². The molecule has 2 aliphatic rings. The number of hydrogen-bond acceptors (Lipinski definition) is 6. The lowest BCUT2D eigenvalue weighted by atomic mass is 9.70. The number of likely N-dealkylation sites (tertiary alicyclic amines) is 1. The zero-order valence-corrected chi connectivity index (χ0v) is 18.5. The summed E-state index contributed by atoms with van der Waals surface area (Å²) in [6, 6.07) is 19.4. The van der Waals surface area contributed by atoms with Gasteiger partial charge in [0.05, 0.1) is 18.4 Å². The zero-order chi connectivity index (χ0) is 21.3. The van der Waals surface area contributed by atoms with Gasteiger partial charge in [0.1, 0.15) is 0 Å². The molecule has 5 nitrogen and oxygen atoms in total. The summed E-state index contributed by atoms with van der Waals surface area (Å²) in [5, 5.41) is 22.4. The molecule has 1 fully saturated rings. The van der Waals surface area contributed by atoms with Crippen molar-refractivity contribution < 1.29 is 10.2 Å². The molecule has 0 aliphatic carbocycles. The Morgan fingerprint density at radius 1 is 1.00 bits per heavy atom. The third-order valence-electron chi connectivity index (χ3n) is 6.82. The lowest BCUT2D eigenvalue weighted by molar-refractivity contribution is 0.0464. The molecule has 162 valence electrons. The lowest BCUT2D eigenvalue weighted by Crippen LogP contribution is -2.46. The Labute approximate surface area is 187 Å². The van der Waals surface area contributed by atoms with Crippen molar-refractivity contribution in [3.05, 3.63) is 76.8 Å². The molecule has 0 spiro atoms. The van der Waals surface area contributed by atoms with Crippen molar-refractivity contribution in [3.63, 3.8) is 0 Å². The topological polar surface area (TPSA) is 59.8 Å². The molecular formula is C25H29N3O2S. The third kappa shape index (κ3) is 3.89. The van der Waals surface area contributed by atoms with Crippen LogP contribution in [0.15, 0.2) is 60.0 Å². The van der Waals surface area contributed by atoms with Gasteiger partial charge in [-0.25, -0.2) is 4.98 Å². The second-order valence-corrected chi connectivity index (χ2v) is 9.47. The third-order valence-corrected chi connectivity index (χ3v) is 7.68. The second-order valence-electron chi connectivity index (χ2n) is 8.63. The van der Waals surface area contributed by atoms with Crippen LogP contribution < -0.4 is 4.90 Å². The van der Waals surface area contributed by atoms with Gasteiger partial charge in [-0.15, -0.1) is 11.3 Å². The van der Waals surface area contributed by atoms with E-state index in [9.17, 15) is 10.2 Å². The fraction of sp³-hybridized carbons (Fsp3) is 0.400. The molecule has 3 aromatic rings. The lowest BCUT2D eigenvalue weighted by Gasteiger charge is -2.42. The molecule has 1 aromatic heterocycles. The largest absolute Gasteiger partial charge is 0.394 e. The molecule has 6 heteroatoms. The number of thiazole rings is 1. The molecule has 2 aliphatic heterocycles. The average Bonchev–Trinajstić information content (AvgIpc) is 3.48. The number of β-amino-alcohol motifs (C(OH)–C–C–N with tert-alkyl or cyclic N) is 1. The van der Waals surface area contributed by atoms with Gasteiger partial charge in [-0.05, 0) is 49.5 Å². The van der Waals surface area contributed by atoms with Gasteiger partial charge in [0, 0.05) is 29.6 Å². The minimum atomic E-state index is -0.676. The van der Waals surface area contributed by atoms with E-state index < -0.39 is 6.10 Å². The molecule has 2 N–H and O–H groups in total. The Balaban J connectivity index is 1.44. The molecule has 0 bridgehead atoms. The van der Waals surface area contributed by atoms with E-state index >= 15 is 0 Å². The molecule has 2 aromatic carbocycles. The maximum Gasteiger partial charge on any atom is 0.190 e. The highest BCUT2D eigenvalue weighted by molar-refractivity contribution is 7.13. The molecule has 0 radical (unpaired) electrons. The van der Waals surface area contributed by atoms with Crippen molar-refractivity contribution in [1.82, 2.24) is 9.88 Å². The van der Waals surface area contributed by atoms with Gasteiger partial charge in [0.15, 0.2) is 5.13 Å². The fourth-order valence-electron chi connectivity index (χ4n) is 5.07. The summed E-state index contributed by atoms with van der Waals surface area (Å²) in [4.78, 5) is 9.81.